The lowest BCUT2D eigenvalue weighted by Gasteiger charge is -2.30. The summed E-state index contributed by atoms with van der Waals surface area (Å²) in [5.41, 5.74) is 5.06. The molecule has 0 saturated carbocycles. The van der Waals surface area contributed by atoms with Gasteiger partial charge in [-0.15, -0.1) is 0 Å². The Balaban J connectivity index is 4.18. The number of amides is 2. The minimum absolute atomic E-state index is 0.160. The van der Waals surface area contributed by atoms with Crippen molar-refractivity contribution in [2.24, 2.45) is 5.73 Å². The van der Waals surface area contributed by atoms with Crippen molar-refractivity contribution in [1.29, 1.82) is 0 Å². The van der Waals surface area contributed by atoms with E-state index in [0.717, 1.165) is 6.42 Å². The van der Waals surface area contributed by atoms with Crippen LogP contribution >= 0.6 is 0 Å². The van der Waals surface area contributed by atoms with Crippen molar-refractivity contribution >= 4 is 6.03 Å². The van der Waals surface area contributed by atoms with Crippen LogP contribution in [0.3, 0.4) is 0 Å². The van der Waals surface area contributed by atoms with E-state index in [1.807, 2.05) is 34.6 Å². The molecule has 4 N–H and O–H groups in total. The highest BCUT2D eigenvalue weighted by atomic mass is 16.2. The smallest absolute Gasteiger partial charge is 0.315 e. The summed E-state index contributed by atoms with van der Waals surface area (Å²) in [4.78, 5) is 11.5. The van der Waals surface area contributed by atoms with Gasteiger partial charge in [0.25, 0.3) is 0 Å². The van der Waals surface area contributed by atoms with Gasteiger partial charge in [0.1, 0.15) is 0 Å². The lowest BCUT2D eigenvalue weighted by atomic mass is 9.99. The molecule has 0 aliphatic heterocycles. The Morgan fingerprint density at radius 2 is 1.71 bits per heavy atom. The van der Waals surface area contributed by atoms with Crippen LogP contribution in [0.1, 0.15) is 41.0 Å². The zero-order valence-electron chi connectivity index (χ0n) is 9.90. The normalized spacial score (nSPS) is 15.9. The van der Waals surface area contributed by atoms with Gasteiger partial charge in [-0.25, -0.2) is 4.79 Å². The fraction of sp³-hybridized carbons (Fsp3) is 0.900. The fourth-order valence-corrected chi connectivity index (χ4v) is 0.930. The predicted octanol–water partition coefficient (Wildman–Crippen LogP) is 1.21. The van der Waals surface area contributed by atoms with Crippen molar-refractivity contribution in [2.45, 2.75) is 52.1 Å². The van der Waals surface area contributed by atoms with Crippen LogP contribution in [0.25, 0.3) is 0 Å². The molecule has 0 aliphatic carbocycles. The zero-order chi connectivity index (χ0) is 11.4. The molecular formula is C10H23N3O. The number of nitrogens with two attached hydrogens (primary N) is 1. The van der Waals surface area contributed by atoms with Gasteiger partial charge in [0.15, 0.2) is 0 Å². The second kappa shape index (κ2) is 4.64. The highest BCUT2D eigenvalue weighted by Crippen LogP contribution is 2.07. The Kier molecular flexibility index (Phi) is 4.39. The number of carbonyl (C=O) groups excluding carboxylic acids is 1. The first kappa shape index (κ1) is 13.2. The Bertz CT molecular complexity index is 192. The third-order valence-electron chi connectivity index (χ3n) is 2.13. The molecule has 0 fully saturated rings. The van der Waals surface area contributed by atoms with Crippen molar-refractivity contribution in [3.05, 3.63) is 0 Å². The Morgan fingerprint density at radius 1 is 1.21 bits per heavy atom. The molecule has 0 aromatic heterocycles. The summed E-state index contributed by atoms with van der Waals surface area (Å²) < 4.78 is 0. The molecule has 1 unspecified atom stereocenters. The van der Waals surface area contributed by atoms with Gasteiger partial charge in [-0.05, 0) is 34.1 Å². The molecule has 0 bridgehead atoms. The van der Waals surface area contributed by atoms with Gasteiger partial charge in [0.2, 0.25) is 0 Å². The molecule has 0 spiro atoms. The monoisotopic (exact) mass is 201 g/mol. The molecule has 1 atom stereocenters. The predicted molar refractivity (Wildman–Crippen MR) is 59.2 cm³/mol. The van der Waals surface area contributed by atoms with Gasteiger partial charge in [-0.1, -0.05) is 6.92 Å². The molecule has 0 heterocycles. The Hall–Kier alpha value is -0.770. The van der Waals surface area contributed by atoms with E-state index < -0.39 is 0 Å². The van der Waals surface area contributed by atoms with Crippen LogP contribution in [0.2, 0.25) is 0 Å². The molecule has 84 valence electrons. The molecule has 0 aromatic rings. The third-order valence-corrected chi connectivity index (χ3v) is 2.13. The number of carbonyl (C=O) groups is 1. The molecule has 0 aliphatic rings. The van der Waals surface area contributed by atoms with E-state index in [1.165, 1.54) is 0 Å². The summed E-state index contributed by atoms with van der Waals surface area (Å²) in [5, 5.41) is 5.71. The number of hydrogen-bond acceptors (Lipinski definition) is 2. The van der Waals surface area contributed by atoms with Crippen LogP contribution < -0.4 is 16.4 Å². The van der Waals surface area contributed by atoms with E-state index in [2.05, 4.69) is 10.6 Å². The summed E-state index contributed by atoms with van der Waals surface area (Å²) >= 11 is 0. The lowest BCUT2D eigenvalue weighted by Crippen LogP contribution is -2.57. The second-order valence-corrected chi connectivity index (χ2v) is 4.95. The minimum Gasteiger partial charge on any atom is -0.334 e. The first-order valence-corrected chi connectivity index (χ1v) is 5.03. The van der Waals surface area contributed by atoms with Crippen molar-refractivity contribution in [2.75, 3.05) is 6.54 Å². The summed E-state index contributed by atoms with van der Waals surface area (Å²) in [7, 11) is 0. The van der Waals surface area contributed by atoms with Gasteiger partial charge in [0.05, 0.1) is 5.54 Å². The molecular weight excluding hydrogens is 178 g/mol. The molecule has 0 rings (SSSR count). The first-order valence-electron chi connectivity index (χ1n) is 5.03. The standard InChI is InChI=1S/C10H23N3O/c1-6-10(5,7-11)13-8(14)12-9(2,3)4/h6-7,11H2,1-5H3,(H2,12,13,14). The Morgan fingerprint density at radius 3 is 2.00 bits per heavy atom. The summed E-state index contributed by atoms with van der Waals surface area (Å²) in [6.07, 6.45) is 0.820. The van der Waals surface area contributed by atoms with Gasteiger partial charge in [-0.3, -0.25) is 0 Å². The van der Waals surface area contributed by atoms with E-state index in [0.29, 0.717) is 6.54 Å². The van der Waals surface area contributed by atoms with E-state index in [-0.39, 0.29) is 17.1 Å². The van der Waals surface area contributed by atoms with E-state index >= 15 is 0 Å². The SMILES string of the molecule is CCC(C)(CN)NC(=O)NC(C)(C)C. The van der Waals surface area contributed by atoms with Gasteiger partial charge in [0, 0.05) is 12.1 Å². The van der Waals surface area contributed by atoms with Crippen LogP contribution in [0.15, 0.2) is 0 Å². The number of nitrogens with one attached hydrogen (secondary N) is 2. The largest absolute Gasteiger partial charge is 0.334 e. The quantitative estimate of drug-likeness (QED) is 0.642. The number of urea groups is 1. The third kappa shape index (κ3) is 5.07. The second-order valence-electron chi connectivity index (χ2n) is 4.95. The number of rotatable bonds is 3. The van der Waals surface area contributed by atoms with E-state index in [1.54, 1.807) is 0 Å². The highest BCUT2D eigenvalue weighted by Gasteiger charge is 2.24. The summed E-state index contributed by atoms with van der Waals surface area (Å²) in [5.74, 6) is 0. The maximum absolute atomic E-state index is 11.5. The molecule has 0 radical (unpaired) electrons. The minimum atomic E-state index is -0.310. The Labute approximate surface area is 86.6 Å². The highest BCUT2D eigenvalue weighted by molar-refractivity contribution is 5.75. The maximum Gasteiger partial charge on any atom is 0.315 e. The van der Waals surface area contributed by atoms with Crippen LogP contribution in [0.4, 0.5) is 4.79 Å². The lowest BCUT2D eigenvalue weighted by molar-refractivity contribution is 0.218. The van der Waals surface area contributed by atoms with Crippen LogP contribution in [-0.4, -0.2) is 23.7 Å². The molecule has 0 aromatic carbocycles. The topological polar surface area (TPSA) is 67.1 Å². The van der Waals surface area contributed by atoms with Crippen molar-refractivity contribution in [1.82, 2.24) is 10.6 Å². The summed E-state index contributed by atoms with van der Waals surface area (Å²) in [6.45, 7) is 10.2. The van der Waals surface area contributed by atoms with Crippen molar-refractivity contribution < 1.29 is 4.79 Å². The van der Waals surface area contributed by atoms with Crippen molar-refractivity contribution in [3.8, 4) is 0 Å². The van der Waals surface area contributed by atoms with Crippen molar-refractivity contribution in [3.63, 3.8) is 0 Å². The molecule has 0 saturated heterocycles. The van der Waals surface area contributed by atoms with Crippen LogP contribution in [0.5, 0.6) is 0 Å². The van der Waals surface area contributed by atoms with Crippen LogP contribution in [0, 0.1) is 0 Å². The molecule has 4 nitrogen and oxygen atoms in total. The summed E-state index contributed by atoms with van der Waals surface area (Å²) in [6, 6.07) is -0.160. The molecule has 4 heteroatoms. The molecule has 14 heavy (non-hydrogen) atoms. The average Bonchev–Trinajstić information content (AvgIpc) is 2.00. The van der Waals surface area contributed by atoms with Gasteiger partial charge in [-0.2, -0.15) is 0 Å². The molecule has 2 amide bonds. The average molecular weight is 201 g/mol. The van der Waals surface area contributed by atoms with Gasteiger partial charge >= 0.3 is 6.03 Å². The zero-order valence-corrected chi connectivity index (χ0v) is 9.90. The maximum atomic E-state index is 11.5. The fourth-order valence-electron chi connectivity index (χ4n) is 0.930. The van der Waals surface area contributed by atoms with Crippen LogP contribution in [-0.2, 0) is 0 Å². The first-order chi connectivity index (χ1) is 6.22. The van der Waals surface area contributed by atoms with Gasteiger partial charge < -0.3 is 16.4 Å². The number of hydrogen-bond donors (Lipinski definition) is 3. The van der Waals surface area contributed by atoms with E-state index in [9.17, 15) is 4.79 Å². The van der Waals surface area contributed by atoms with E-state index in [4.69, 9.17) is 5.73 Å².